The summed E-state index contributed by atoms with van der Waals surface area (Å²) in [5.74, 6) is 2.71. The van der Waals surface area contributed by atoms with Crippen molar-refractivity contribution in [1.82, 2.24) is 9.97 Å². The van der Waals surface area contributed by atoms with E-state index in [-0.39, 0.29) is 11.5 Å². The van der Waals surface area contributed by atoms with E-state index in [9.17, 15) is 9.59 Å². The zero-order chi connectivity index (χ0) is 20.4. The first-order valence-electron chi connectivity index (χ1n) is 9.25. The van der Waals surface area contributed by atoms with Gasteiger partial charge in [-0.15, -0.1) is 11.3 Å². The van der Waals surface area contributed by atoms with E-state index in [1.807, 2.05) is 32.0 Å². The molecular weight excluding hydrogens is 390 g/mol. The smallest absolute Gasteiger partial charge is 0.266 e. The first-order valence-corrected chi connectivity index (χ1v) is 11.2. The van der Waals surface area contributed by atoms with Gasteiger partial charge in [-0.3, -0.25) is 9.59 Å². The molecule has 28 heavy (non-hydrogen) atoms. The number of benzene rings is 1. The summed E-state index contributed by atoms with van der Waals surface area (Å²) >= 11 is 3.02. The molecule has 0 atom stereocenters. The molecule has 148 valence electrons. The van der Waals surface area contributed by atoms with Crippen LogP contribution in [0.5, 0.6) is 0 Å². The Morgan fingerprint density at radius 1 is 1.29 bits per heavy atom. The Morgan fingerprint density at radius 2 is 2.04 bits per heavy atom. The number of thiophene rings is 1. The zero-order valence-electron chi connectivity index (χ0n) is 16.8. The number of hydrogen-bond donors (Lipinski definition) is 2. The van der Waals surface area contributed by atoms with Gasteiger partial charge in [0.15, 0.2) is 0 Å². The first-order chi connectivity index (χ1) is 13.3. The van der Waals surface area contributed by atoms with E-state index in [1.54, 1.807) is 18.7 Å². The quantitative estimate of drug-likeness (QED) is 0.591. The summed E-state index contributed by atoms with van der Waals surface area (Å²) in [5, 5.41) is 3.47. The molecule has 1 aromatic carbocycles. The molecule has 3 aromatic rings. The molecule has 0 saturated carbocycles. The van der Waals surface area contributed by atoms with E-state index >= 15 is 0 Å². The number of nitrogens with one attached hydrogen (secondary N) is 2. The SMILES string of the molecule is Cc1ccc(NC(=O)c2sc3nc(CSCC(C)C)[nH]c(=O)c3c2C)c(C)c1. The monoisotopic (exact) mass is 415 g/mol. The number of carbonyl (C=O) groups is 1. The lowest BCUT2D eigenvalue weighted by Crippen LogP contribution is -2.13. The van der Waals surface area contributed by atoms with Gasteiger partial charge in [0.05, 0.1) is 16.0 Å². The van der Waals surface area contributed by atoms with Gasteiger partial charge in [-0.05, 0) is 49.6 Å². The third kappa shape index (κ3) is 4.47. The molecule has 2 aromatic heterocycles. The van der Waals surface area contributed by atoms with E-state index in [2.05, 4.69) is 29.1 Å². The normalized spacial score (nSPS) is 11.4. The van der Waals surface area contributed by atoms with Gasteiger partial charge in [0.1, 0.15) is 10.7 Å². The van der Waals surface area contributed by atoms with Crippen LogP contribution >= 0.6 is 23.1 Å². The number of H-pyrrole nitrogens is 1. The third-order valence-corrected chi connectivity index (χ3v) is 6.94. The number of thioether (sulfide) groups is 1. The van der Waals surface area contributed by atoms with Crippen LogP contribution in [0, 0.1) is 26.7 Å². The van der Waals surface area contributed by atoms with Crippen LogP contribution in [0.3, 0.4) is 0 Å². The number of aromatic nitrogens is 2. The minimum Gasteiger partial charge on any atom is -0.321 e. The number of nitrogens with zero attached hydrogens (tertiary/aromatic N) is 1. The van der Waals surface area contributed by atoms with Crippen LogP contribution in [0.15, 0.2) is 23.0 Å². The summed E-state index contributed by atoms with van der Waals surface area (Å²) in [6.07, 6.45) is 0. The maximum Gasteiger partial charge on any atom is 0.266 e. The second-order valence-electron chi connectivity index (χ2n) is 7.43. The Morgan fingerprint density at radius 3 is 2.71 bits per heavy atom. The molecule has 0 unspecified atom stereocenters. The number of carbonyl (C=O) groups excluding carboxylic acids is 1. The predicted octanol–water partition coefficient (Wildman–Crippen LogP) is 5.05. The lowest BCUT2D eigenvalue weighted by Gasteiger charge is -2.08. The molecule has 0 spiro atoms. The number of aryl methyl sites for hydroxylation is 3. The first kappa shape index (κ1) is 20.6. The molecule has 0 radical (unpaired) electrons. The highest BCUT2D eigenvalue weighted by Crippen LogP contribution is 2.29. The molecule has 7 heteroatoms. The molecule has 2 N–H and O–H groups in total. The van der Waals surface area contributed by atoms with Crippen molar-refractivity contribution in [3.63, 3.8) is 0 Å². The van der Waals surface area contributed by atoms with Crippen molar-refractivity contribution in [2.75, 3.05) is 11.1 Å². The number of hydrogen-bond acceptors (Lipinski definition) is 5. The summed E-state index contributed by atoms with van der Waals surface area (Å²) in [5.41, 5.74) is 3.43. The van der Waals surface area contributed by atoms with Gasteiger partial charge < -0.3 is 10.3 Å². The van der Waals surface area contributed by atoms with E-state index in [4.69, 9.17) is 0 Å². The fraction of sp³-hybridized carbons (Fsp3) is 0.381. The molecular formula is C21H25N3O2S2. The molecule has 0 aliphatic heterocycles. The van der Waals surface area contributed by atoms with Gasteiger partial charge in [-0.25, -0.2) is 4.98 Å². The number of amides is 1. The predicted molar refractivity (Wildman–Crippen MR) is 120 cm³/mol. The Bertz CT molecular complexity index is 1080. The van der Waals surface area contributed by atoms with E-state index in [1.165, 1.54) is 11.3 Å². The number of fused-ring (bicyclic) bond motifs is 1. The van der Waals surface area contributed by atoms with Crippen molar-refractivity contribution < 1.29 is 4.79 Å². The Hall–Kier alpha value is -2.12. The van der Waals surface area contributed by atoms with Gasteiger partial charge in [0.2, 0.25) is 0 Å². The minimum atomic E-state index is -0.206. The van der Waals surface area contributed by atoms with Crippen LogP contribution in [-0.4, -0.2) is 21.6 Å². The van der Waals surface area contributed by atoms with Crippen molar-refractivity contribution in [3.05, 3.63) is 55.9 Å². The van der Waals surface area contributed by atoms with Crippen LogP contribution in [0.4, 0.5) is 5.69 Å². The standard InChI is InChI=1S/C21H25N3O2S2/c1-11(2)9-27-10-16-23-19(25)17-14(5)18(28-21(17)24-16)20(26)22-15-7-6-12(3)8-13(15)4/h6-8,11H,9-10H2,1-5H3,(H,22,26)(H,23,24,25). The fourth-order valence-corrected chi connectivity index (χ4v) is 5.01. The Kier molecular flexibility index (Phi) is 6.25. The minimum absolute atomic E-state index is 0.176. The highest BCUT2D eigenvalue weighted by molar-refractivity contribution is 7.98. The van der Waals surface area contributed by atoms with Crippen molar-refractivity contribution >= 4 is 44.9 Å². The summed E-state index contributed by atoms with van der Waals surface area (Å²) in [6, 6.07) is 5.90. The summed E-state index contributed by atoms with van der Waals surface area (Å²) in [7, 11) is 0. The van der Waals surface area contributed by atoms with Gasteiger partial charge in [-0.2, -0.15) is 11.8 Å². The van der Waals surface area contributed by atoms with Crippen LogP contribution in [0.2, 0.25) is 0 Å². The number of aromatic amines is 1. The molecule has 2 heterocycles. The second kappa shape index (κ2) is 8.49. The molecule has 3 rings (SSSR count). The van der Waals surface area contributed by atoms with Gasteiger partial charge in [-0.1, -0.05) is 31.5 Å². The summed E-state index contributed by atoms with van der Waals surface area (Å²) in [6.45, 7) is 10.1. The van der Waals surface area contributed by atoms with Crippen molar-refractivity contribution in [1.29, 1.82) is 0 Å². The average Bonchev–Trinajstić information content (AvgIpc) is 2.94. The van der Waals surface area contributed by atoms with E-state index in [0.717, 1.165) is 22.6 Å². The average molecular weight is 416 g/mol. The van der Waals surface area contributed by atoms with Crippen LogP contribution in [0.1, 0.15) is 46.0 Å². The number of anilines is 1. The fourth-order valence-electron chi connectivity index (χ4n) is 3.00. The Labute approximate surface area is 173 Å². The topological polar surface area (TPSA) is 74.8 Å². The largest absolute Gasteiger partial charge is 0.321 e. The van der Waals surface area contributed by atoms with Crippen molar-refractivity contribution in [3.8, 4) is 0 Å². The molecule has 0 aliphatic rings. The molecule has 1 amide bonds. The molecule has 0 aliphatic carbocycles. The summed E-state index contributed by atoms with van der Waals surface area (Å²) < 4.78 is 0. The number of rotatable bonds is 6. The second-order valence-corrected chi connectivity index (χ2v) is 9.46. The van der Waals surface area contributed by atoms with Crippen LogP contribution < -0.4 is 10.9 Å². The maximum absolute atomic E-state index is 12.8. The lowest BCUT2D eigenvalue weighted by molar-refractivity contribution is 0.103. The van der Waals surface area contributed by atoms with Gasteiger partial charge in [0.25, 0.3) is 11.5 Å². The van der Waals surface area contributed by atoms with Gasteiger partial charge >= 0.3 is 0 Å². The van der Waals surface area contributed by atoms with Crippen LogP contribution in [0.25, 0.3) is 10.2 Å². The van der Waals surface area contributed by atoms with Crippen molar-refractivity contribution in [2.45, 2.75) is 40.4 Å². The van der Waals surface area contributed by atoms with Gasteiger partial charge in [0, 0.05) is 5.69 Å². The highest BCUT2D eigenvalue weighted by atomic mass is 32.2. The highest BCUT2D eigenvalue weighted by Gasteiger charge is 2.20. The van der Waals surface area contributed by atoms with Crippen molar-refractivity contribution in [2.24, 2.45) is 5.92 Å². The molecule has 5 nitrogen and oxygen atoms in total. The molecule has 0 bridgehead atoms. The summed E-state index contributed by atoms with van der Waals surface area (Å²) in [4.78, 5) is 34.0. The van der Waals surface area contributed by atoms with E-state index < -0.39 is 0 Å². The zero-order valence-corrected chi connectivity index (χ0v) is 18.4. The van der Waals surface area contributed by atoms with Crippen LogP contribution in [-0.2, 0) is 5.75 Å². The third-order valence-electron chi connectivity index (χ3n) is 4.38. The maximum atomic E-state index is 12.8. The lowest BCUT2D eigenvalue weighted by atomic mass is 10.1. The molecule has 0 saturated heterocycles. The van der Waals surface area contributed by atoms with E-state index in [0.29, 0.717) is 38.2 Å². The Balaban J connectivity index is 1.89. The molecule has 0 fully saturated rings.